The minimum Gasteiger partial charge on any atom is -0.377 e. The van der Waals surface area contributed by atoms with E-state index in [-0.39, 0.29) is 16.8 Å². The zero-order chi connectivity index (χ0) is 14.5. The fraction of sp³-hybridized carbons (Fsp3) is 0.462. The second-order valence-electron chi connectivity index (χ2n) is 4.42. The van der Waals surface area contributed by atoms with Crippen LogP contribution >= 0.6 is 0 Å². The van der Waals surface area contributed by atoms with Gasteiger partial charge in [-0.1, -0.05) is 13.8 Å². The van der Waals surface area contributed by atoms with Crippen molar-refractivity contribution in [3.63, 3.8) is 0 Å². The third-order valence-electron chi connectivity index (χ3n) is 3.48. The minimum atomic E-state index is -0.513. The zero-order valence-electron chi connectivity index (χ0n) is 11.1. The van der Waals surface area contributed by atoms with Gasteiger partial charge in [0.25, 0.3) is 5.69 Å². The lowest BCUT2D eigenvalue weighted by atomic mass is 9.92. The Hall–Kier alpha value is -2.13. The molecule has 19 heavy (non-hydrogen) atoms. The van der Waals surface area contributed by atoms with Crippen LogP contribution in [0.1, 0.15) is 32.3 Å². The SMILES string of the molecule is CCC(CC)(CN)Nc1ccc([N+](=O)[O-])cc1C#N. The van der Waals surface area contributed by atoms with Crippen LogP contribution in [0.5, 0.6) is 0 Å². The average Bonchev–Trinajstić information content (AvgIpc) is 2.44. The van der Waals surface area contributed by atoms with Crippen molar-refractivity contribution < 1.29 is 4.92 Å². The number of non-ortho nitro benzene ring substituents is 1. The Morgan fingerprint density at radius 1 is 1.47 bits per heavy atom. The van der Waals surface area contributed by atoms with Gasteiger partial charge in [-0.2, -0.15) is 5.26 Å². The van der Waals surface area contributed by atoms with Crippen molar-refractivity contribution in [2.24, 2.45) is 5.73 Å². The van der Waals surface area contributed by atoms with E-state index in [2.05, 4.69) is 5.32 Å². The largest absolute Gasteiger partial charge is 0.377 e. The topological polar surface area (TPSA) is 105 Å². The normalized spacial score (nSPS) is 10.8. The molecule has 1 rings (SSSR count). The maximum atomic E-state index is 10.7. The molecule has 0 aliphatic carbocycles. The lowest BCUT2D eigenvalue weighted by Crippen LogP contribution is -2.44. The van der Waals surface area contributed by atoms with Crippen LogP contribution in [0.15, 0.2) is 18.2 Å². The summed E-state index contributed by atoms with van der Waals surface area (Å²) in [5.41, 5.74) is 6.26. The van der Waals surface area contributed by atoms with Gasteiger partial charge in [0.2, 0.25) is 0 Å². The molecule has 0 aliphatic rings. The van der Waals surface area contributed by atoms with Crippen molar-refractivity contribution in [3.05, 3.63) is 33.9 Å². The third-order valence-corrected chi connectivity index (χ3v) is 3.48. The molecule has 6 nitrogen and oxygen atoms in total. The summed E-state index contributed by atoms with van der Waals surface area (Å²) in [7, 11) is 0. The van der Waals surface area contributed by atoms with Gasteiger partial charge < -0.3 is 11.1 Å². The quantitative estimate of drug-likeness (QED) is 0.605. The number of hydrogen-bond acceptors (Lipinski definition) is 5. The number of nitrogens with zero attached hydrogens (tertiary/aromatic N) is 2. The Bertz CT molecular complexity index is 496. The fourth-order valence-corrected chi connectivity index (χ4v) is 1.90. The highest BCUT2D eigenvalue weighted by atomic mass is 16.6. The number of benzene rings is 1. The van der Waals surface area contributed by atoms with E-state index in [4.69, 9.17) is 11.0 Å². The Morgan fingerprint density at radius 3 is 2.53 bits per heavy atom. The van der Waals surface area contributed by atoms with E-state index in [1.165, 1.54) is 12.1 Å². The highest BCUT2D eigenvalue weighted by Crippen LogP contribution is 2.26. The van der Waals surface area contributed by atoms with E-state index >= 15 is 0 Å². The maximum absolute atomic E-state index is 10.7. The average molecular weight is 262 g/mol. The molecular weight excluding hydrogens is 244 g/mol. The summed E-state index contributed by atoms with van der Waals surface area (Å²) in [6.07, 6.45) is 1.61. The highest BCUT2D eigenvalue weighted by molar-refractivity contribution is 5.62. The van der Waals surface area contributed by atoms with Crippen LogP contribution in [0.4, 0.5) is 11.4 Å². The summed E-state index contributed by atoms with van der Waals surface area (Å²) < 4.78 is 0. The Labute approximate surface area is 112 Å². The molecule has 1 aromatic carbocycles. The van der Waals surface area contributed by atoms with E-state index in [0.29, 0.717) is 12.2 Å². The van der Waals surface area contributed by atoms with Gasteiger partial charge in [-0.05, 0) is 18.9 Å². The molecule has 0 radical (unpaired) electrons. The molecule has 0 bridgehead atoms. The van der Waals surface area contributed by atoms with Crippen LogP contribution in [0.2, 0.25) is 0 Å². The molecule has 0 heterocycles. The summed E-state index contributed by atoms with van der Waals surface area (Å²) >= 11 is 0. The smallest absolute Gasteiger partial charge is 0.270 e. The van der Waals surface area contributed by atoms with Gasteiger partial charge in [-0.25, -0.2) is 0 Å². The number of nitro benzene ring substituents is 1. The second-order valence-corrected chi connectivity index (χ2v) is 4.42. The van der Waals surface area contributed by atoms with E-state index < -0.39 is 4.92 Å². The molecule has 3 N–H and O–H groups in total. The molecule has 0 spiro atoms. The van der Waals surface area contributed by atoms with E-state index in [1.807, 2.05) is 19.9 Å². The van der Waals surface area contributed by atoms with Crippen LogP contribution in [-0.2, 0) is 0 Å². The van der Waals surface area contributed by atoms with Crippen molar-refractivity contribution in [2.45, 2.75) is 32.2 Å². The van der Waals surface area contributed by atoms with E-state index in [9.17, 15) is 10.1 Å². The second kappa shape index (κ2) is 6.16. The van der Waals surface area contributed by atoms with E-state index in [1.54, 1.807) is 6.07 Å². The number of nitriles is 1. The van der Waals surface area contributed by atoms with Crippen molar-refractivity contribution in [2.75, 3.05) is 11.9 Å². The third kappa shape index (κ3) is 3.20. The molecule has 0 saturated carbocycles. The lowest BCUT2D eigenvalue weighted by Gasteiger charge is -2.33. The molecule has 0 saturated heterocycles. The van der Waals surface area contributed by atoms with Crippen LogP contribution in [0.25, 0.3) is 0 Å². The molecule has 0 fully saturated rings. The maximum Gasteiger partial charge on any atom is 0.270 e. The first kappa shape index (κ1) is 14.9. The van der Waals surface area contributed by atoms with Crippen molar-refractivity contribution >= 4 is 11.4 Å². The van der Waals surface area contributed by atoms with Gasteiger partial charge in [0.1, 0.15) is 6.07 Å². The molecule has 0 amide bonds. The molecule has 102 valence electrons. The lowest BCUT2D eigenvalue weighted by molar-refractivity contribution is -0.384. The van der Waals surface area contributed by atoms with E-state index in [0.717, 1.165) is 12.8 Å². The van der Waals surface area contributed by atoms with Crippen LogP contribution < -0.4 is 11.1 Å². The van der Waals surface area contributed by atoms with Crippen LogP contribution in [0, 0.1) is 21.4 Å². The fourth-order valence-electron chi connectivity index (χ4n) is 1.90. The molecular formula is C13H18N4O2. The van der Waals surface area contributed by atoms with Gasteiger partial charge in [0.05, 0.1) is 16.2 Å². The molecule has 0 aromatic heterocycles. The summed E-state index contributed by atoms with van der Waals surface area (Å²) in [6, 6.07) is 6.20. The van der Waals surface area contributed by atoms with Gasteiger partial charge >= 0.3 is 0 Å². The van der Waals surface area contributed by atoms with Gasteiger partial charge in [-0.15, -0.1) is 0 Å². The summed E-state index contributed by atoms with van der Waals surface area (Å²) in [6.45, 7) is 4.46. The van der Waals surface area contributed by atoms with Gasteiger partial charge in [-0.3, -0.25) is 10.1 Å². The number of nitrogens with two attached hydrogens (primary N) is 1. The zero-order valence-corrected chi connectivity index (χ0v) is 11.1. The Kier molecular flexibility index (Phi) is 4.84. The highest BCUT2D eigenvalue weighted by Gasteiger charge is 2.25. The Balaban J connectivity index is 3.15. The summed E-state index contributed by atoms with van der Waals surface area (Å²) in [5, 5.41) is 23.0. The number of nitrogens with one attached hydrogen (secondary N) is 1. The van der Waals surface area contributed by atoms with Crippen molar-refractivity contribution in [3.8, 4) is 6.07 Å². The molecule has 0 atom stereocenters. The Morgan fingerprint density at radius 2 is 2.11 bits per heavy atom. The number of anilines is 1. The first-order chi connectivity index (χ1) is 9.01. The van der Waals surface area contributed by atoms with Crippen LogP contribution in [0.3, 0.4) is 0 Å². The summed E-state index contributed by atoms with van der Waals surface area (Å²) in [4.78, 5) is 10.2. The van der Waals surface area contributed by atoms with Gasteiger partial charge in [0, 0.05) is 24.2 Å². The number of rotatable bonds is 6. The number of hydrogen-bond donors (Lipinski definition) is 2. The first-order valence-electron chi connectivity index (χ1n) is 6.18. The molecule has 6 heteroatoms. The van der Waals surface area contributed by atoms with Crippen LogP contribution in [-0.4, -0.2) is 17.0 Å². The predicted molar refractivity (Wildman–Crippen MR) is 73.8 cm³/mol. The first-order valence-corrected chi connectivity index (χ1v) is 6.18. The van der Waals surface area contributed by atoms with Gasteiger partial charge in [0.15, 0.2) is 0 Å². The standard InChI is InChI=1S/C13H18N4O2/c1-3-13(4-2,9-15)16-12-6-5-11(17(18)19)7-10(12)8-14/h5-7,16H,3-4,9,15H2,1-2H3. The van der Waals surface area contributed by atoms with Crippen molar-refractivity contribution in [1.29, 1.82) is 5.26 Å². The molecule has 0 unspecified atom stereocenters. The molecule has 0 aliphatic heterocycles. The monoisotopic (exact) mass is 262 g/mol. The number of nitro groups is 1. The molecule has 1 aromatic rings. The summed E-state index contributed by atoms with van der Waals surface area (Å²) in [5.74, 6) is 0. The minimum absolute atomic E-state index is 0.0894. The van der Waals surface area contributed by atoms with Crippen molar-refractivity contribution in [1.82, 2.24) is 0 Å². The predicted octanol–water partition coefficient (Wildman–Crippen LogP) is 2.40.